The van der Waals surface area contributed by atoms with E-state index in [0.717, 1.165) is 4.88 Å². The molecule has 1 amide bonds. The highest BCUT2D eigenvalue weighted by Crippen LogP contribution is 2.24. The van der Waals surface area contributed by atoms with Crippen LogP contribution in [0.15, 0.2) is 16.3 Å². The number of carbonyl (C=O) groups is 1. The molecular formula is C15H25N3O4S2. The average Bonchev–Trinajstić information content (AvgIpc) is 3.04. The number of sulfonamides is 1. The predicted octanol–water partition coefficient (Wildman–Crippen LogP) is 0.772. The van der Waals surface area contributed by atoms with Crippen molar-refractivity contribution >= 4 is 27.3 Å². The Morgan fingerprint density at radius 3 is 2.75 bits per heavy atom. The van der Waals surface area contributed by atoms with Crippen molar-refractivity contribution in [3.8, 4) is 0 Å². The molecule has 2 atom stereocenters. The Hall–Kier alpha value is -1.00. The van der Waals surface area contributed by atoms with E-state index in [1.807, 2.05) is 20.8 Å². The molecule has 1 fully saturated rings. The minimum absolute atomic E-state index is 0.135. The first-order chi connectivity index (χ1) is 11.4. The largest absolute Gasteiger partial charge is 0.375 e. The summed E-state index contributed by atoms with van der Waals surface area (Å²) >= 11 is 1.19. The van der Waals surface area contributed by atoms with Crippen LogP contribution in [0.4, 0.5) is 0 Å². The Morgan fingerprint density at radius 2 is 2.12 bits per heavy atom. The van der Waals surface area contributed by atoms with E-state index in [0.29, 0.717) is 37.0 Å². The molecule has 0 spiro atoms. The summed E-state index contributed by atoms with van der Waals surface area (Å²) in [7, 11) is -3.44. The third kappa shape index (κ3) is 4.34. The zero-order valence-electron chi connectivity index (χ0n) is 14.2. The first-order valence-corrected chi connectivity index (χ1v) is 10.4. The van der Waals surface area contributed by atoms with Gasteiger partial charge in [-0.05, 0) is 19.1 Å². The first-order valence-electron chi connectivity index (χ1n) is 8.11. The van der Waals surface area contributed by atoms with E-state index in [1.54, 1.807) is 12.1 Å². The van der Waals surface area contributed by atoms with Crippen molar-refractivity contribution in [1.29, 1.82) is 0 Å². The summed E-state index contributed by atoms with van der Waals surface area (Å²) in [6.07, 6.45) is -0.180. The third-order valence-corrected chi connectivity index (χ3v) is 7.57. The maximum atomic E-state index is 12.5. The Bertz CT molecular complexity index is 655. The number of hydrogen-bond donors (Lipinski definition) is 2. The second-order valence-corrected chi connectivity index (χ2v) is 8.87. The number of carbonyl (C=O) groups excluding carboxylic acids is 1. The molecule has 0 aliphatic carbocycles. The van der Waals surface area contributed by atoms with Crippen molar-refractivity contribution in [3.63, 3.8) is 0 Å². The van der Waals surface area contributed by atoms with Crippen molar-refractivity contribution in [1.82, 2.24) is 14.9 Å². The molecule has 0 unspecified atom stereocenters. The smallest absolute Gasteiger partial charge is 0.252 e. The van der Waals surface area contributed by atoms with Gasteiger partial charge >= 0.3 is 0 Å². The molecule has 0 saturated carbocycles. The van der Waals surface area contributed by atoms with Crippen molar-refractivity contribution < 1.29 is 17.9 Å². The minimum Gasteiger partial charge on any atom is -0.375 e. The Labute approximate surface area is 147 Å². The van der Waals surface area contributed by atoms with Gasteiger partial charge in [0.05, 0.1) is 19.3 Å². The summed E-state index contributed by atoms with van der Waals surface area (Å²) < 4.78 is 32.1. The first kappa shape index (κ1) is 19.3. The van der Waals surface area contributed by atoms with Gasteiger partial charge < -0.3 is 15.4 Å². The van der Waals surface area contributed by atoms with E-state index in [2.05, 4.69) is 10.6 Å². The van der Waals surface area contributed by atoms with Crippen LogP contribution in [0.3, 0.4) is 0 Å². The van der Waals surface area contributed by atoms with Crippen molar-refractivity contribution in [2.45, 2.75) is 43.7 Å². The normalized spacial score (nSPS) is 21.8. The number of thiophene rings is 1. The van der Waals surface area contributed by atoms with Crippen LogP contribution in [-0.4, -0.2) is 57.0 Å². The molecule has 0 radical (unpaired) electrons. The summed E-state index contributed by atoms with van der Waals surface area (Å²) in [5.74, 6) is -0.135. The lowest BCUT2D eigenvalue weighted by molar-refractivity contribution is -0.129. The van der Waals surface area contributed by atoms with E-state index < -0.39 is 10.0 Å². The monoisotopic (exact) mass is 375 g/mol. The maximum Gasteiger partial charge on any atom is 0.252 e. The molecule has 2 N–H and O–H groups in total. The quantitative estimate of drug-likeness (QED) is 0.735. The molecule has 9 heteroatoms. The predicted molar refractivity (Wildman–Crippen MR) is 93.5 cm³/mol. The fourth-order valence-electron chi connectivity index (χ4n) is 2.59. The zero-order chi connectivity index (χ0) is 17.7. The SMILES string of the molecule is CCN(CC)S(=O)(=O)c1ccc(CNC(=O)[C@H]2NCCO[C@@H]2C)s1. The van der Waals surface area contributed by atoms with E-state index in [-0.39, 0.29) is 18.1 Å². The number of ether oxygens (including phenoxy) is 1. The van der Waals surface area contributed by atoms with Gasteiger partial charge in [-0.15, -0.1) is 11.3 Å². The molecule has 1 saturated heterocycles. The number of morpholine rings is 1. The molecule has 136 valence electrons. The number of amides is 1. The highest BCUT2D eigenvalue weighted by molar-refractivity contribution is 7.91. The molecule has 2 rings (SSSR count). The van der Waals surface area contributed by atoms with Gasteiger partial charge in [-0.25, -0.2) is 8.42 Å². The van der Waals surface area contributed by atoms with Crippen molar-refractivity contribution in [2.24, 2.45) is 0 Å². The molecule has 0 aromatic carbocycles. The Balaban J connectivity index is 1.98. The molecule has 7 nitrogen and oxygen atoms in total. The Kier molecular flexibility index (Phi) is 6.76. The number of rotatable bonds is 7. The van der Waals surface area contributed by atoms with Gasteiger partial charge in [0.25, 0.3) is 10.0 Å². The van der Waals surface area contributed by atoms with Gasteiger partial charge in [0.15, 0.2) is 0 Å². The standard InChI is InChI=1S/C15H25N3O4S2/c1-4-18(5-2)24(20,21)13-7-6-12(23-13)10-17-15(19)14-11(3)22-9-8-16-14/h6-7,11,14,16H,4-5,8-10H2,1-3H3,(H,17,19)/t11-,14+/m1/s1. The molecule has 1 aliphatic heterocycles. The lowest BCUT2D eigenvalue weighted by atomic mass is 10.1. The lowest BCUT2D eigenvalue weighted by Crippen LogP contribution is -2.55. The molecule has 24 heavy (non-hydrogen) atoms. The van der Waals surface area contributed by atoms with Crippen LogP contribution in [0.25, 0.3) is 0 Å². The van der Waals surface area contributed by atoms with Crippen molar-refractivity contribution in [3.05, 3.63) is 17.0 Å². The molecule has 1 aromatic rings. The highest BCUT2D eigenvalue weighted by Gasteiger charge is 2.28. The Morgan fingerprint density at radius 1 is 1.42 bits per heavy atom. The van der Waals surface area contributed by atoms with Gasteiger partial charge in [0, 0.05) is 24.5 Å². The van der Waals surface area contributed by atoms with E-state index in [9.17, 15) is 13.2 Å². The fourth-order valence-corrected chi connectivity index (χ4v) is 5.50. The molecule has 1 aromatic heterocycles. The van der Waals surface area contributed by atoms with Gasteiger partial charge in [-0.1, -0.05) is 13.8 Å². The lowest BCUT2D eigenvalue weighted by Gasteiger charge is -2.29. The van der Waals surface area contributed by atoms with E-state index in [1.165, 1.54) is 15.6 Å². The van der Waals surface area contributed by atoms with E-state index >= 15 is 0 Å². The highest BCUT2D eigenvalue weighted by atomic mass is 32.2. The van der Waals surface area contributed by atoms with Gasteiger partial charge in [0.1, 0.15) is 10.3 Å². The van der Waals surface area contributed by atoms with Gasteiger partial charge in [-0.3, -0.25) is 4.79 Å². The van der Waals surface area contributed by atoms with Gasteiger partial charge in [-0.2, -0.15) is 4.31 Å². The molecule has 2 heterocycles. The molecule has 0 bridgehead atoms. The summed E-state index contributed by atoms with van der Waals surface area (Å²) in [5, 5.41) is 5.97. The number of nitrogens with zero attached hydrogens (tertiary/aromatic N) is 1. The van der Waals surface area contributed by atoms with Crippen LogP contribution in [-0.2, 0) is 26.1 Å². The van der Waals surface area contributed by atoms with Crippen LogP contribution in [0.1, 0.15) is 25.6 Å². The summed E-state index contributed by atoms with van der Waals surface area (Å²) in [6.45, 7) is 7.92. The summed E-state index contributed by atoms with van der Waals surface area (Å²) in [6, 6.07) is 2.97. The molecule has 1 aliphatic rings. The van der Waals surface area contributed by atoms with Crippen LogP contribution < -0.4 is 10.6 Å². The summed E-state index contributed by atoms with van der Waals surface area (Å²) in [4.78, 5) is 13.0. The van der Waals surface area contributed by atoms with Crippen LogP contribution in [0, 0.1) is 0 Å². The second kappa shape index (κ2) is 8.39. The second-order valence-electron chi connectivity index (χ2n) is 5.54. The van der Waals surface area contributed by atoms with Crippen LogP contribution >= 0.6 is 11.3 Å². The molecular weight excluding hydrogens is 350 g/mol. The maximum absolute atomic E-state index is 12.5. The average molecular weight is 376 g/mol. The minimum atomic E-state index is -3.44. The van der Waals surface area contributed by atoms with E-state index in [4.69, 9.17) is 4.74 Å². The topological polar surface area (TPSA) is 87.7 Å². The van der Waals surface area contributed by atoms with Crippen LogP contribution in [0.2, 0.25) is 0 Å². The third-order valence-electron chi connectivity index (χ3n) is 3.97. The van der Waals surface area contributed by atoms with Crippen molar-refractivity contribution in [2.75, 3.05) is 26.2 Å². The summed E-state index contributed by atoms with van der Waals surface area (Å²) in [5.41, 5.74) is 0. The zero-order valence-corrected chi connectivity index (χ0v) is 15.9. The number of nitrogens with one attached hydrogen (secondary N) is 2. The van der Waals surface area contributed by atoms with Crippen LogP contribution in [0.5, 0.6) is 0 Å². The fraction of sp³-hybridized carbons (Fsp3) is 0.667. The number of hydrogen-bond acceptors (Lipinski definition) is 6. The van der Waals surface area contributed by atoms with Gasteiger partial charge in [0.2, 0.25) is 5.91 Å².